The first-order valence-corrected chi connectivity index (χ1v) is 9.39. The van der Waals surface area contributed by atoms with Gasteiger partial charge in [-0.1, -0.05) is 0 Å². The number of carbonyl (C=O) groups is 1. The average molecular weight is 410 g/mol. The van der Waals surface area contributed by atoms with Crippen molar-refractivity contribution in [3.05, 3.63) is 81.3 Å². The maximum absolute atomic E-state index is 13.4. The zero-order chi connectivity index (χ0) is 21.3. The highest BCUT2D eigenvalue weighted by molar-refractivity contribution is 6.00. The van der Waals surface area contributed by atoms with Crippen molar-refractivity contribution in [2.45, 2.75) is 12.5 Å². The van der Waals surface area contributed by atoms with Gasteiger partial charge in [0, 0.05) is 43.5 Å². The molecule has 0 saturated carbocycles. The van der Waals surface area contributed by atoms with Gasteiger partial charge in [0.1, 0.15) is 11.5 Å². The molecule has 0 saturated heterocycles. The molecule has 1 aromatic heterocycles. The van der Waals surface area contributed by atoms with Gasteiger partial charge < -0.3 is 9.64 Å². The van der Waals surface area contributed by atoms with Crippen molar-refractivity contribution in [1.29, 1.82) is 0 Å². The minimum atomic E-state index is -0.469. The lowest BCUT2D eigenvalue weighted by atomic mass is 9.96. The van der Waals surface area contributed by atoms with Gasteiger partial charge in [-0.25, -0.2) is 4.39 Å². The second-order valence-electron chi connectivity index (χ2n) is 6.96. The van der Waals surface area contributed by atoms with E-state index in [2.05, 4.69) is 10.2 Å². The maximum atomic E-state index is 13.4. The van der Waals surface area contributed by atoms with Crippen molar-refractivity contribution < 1.29 is 18.8 Å². The summed E-state index contributed by atoms with van der Waals surface area (Å²) in [6, 6.07) is 11.6. The largest absolute Gasteiger partial charge is 0.385 e. The normalized spacial score (nSPS) is 15.5. The molecule has 154 valence electrons. The quantitative estimate of drug-likeness (QED) is 0.364. The minimum Gasteiger partial charge on any atom is -0.385 e. The molecule has 8 nitrogen and oxygen atoms in total. The zero-order valence-electron chi connectivity index (χ0n) is 16.2. The number of benzene rings is 2. The summed E-state index contributed by atoms with van der Waals surface area (Å²) in [5, 5.41) is 18.2. The van der Waals surface area contributed by atoms with Crippen LogP contribution in [0.1, 0.15) is 34.1 Å². The number of rotatable bonds is 7. The number of fused-ring (bicyclic) bond motifs is 1. The molecule has 1 aliphatic heterocycles. The van der Waals surface area contributed by atoms with Crippen LogP contribution in [-0.2, 0) is 4.74 Å². The van der Waals surface area contributed by atoms with Gasteiger partial charge in [0.2, 0.25) is 0 Å². The third-order valence-electron chi connectivity index (χ3n) is 5.15. The number of ether oxygens (including phenoxy) is 1. The molecule has 0 fully saturated rings. The van der Waals surface area contributed by atoms with Crippen molar-refractivity contribution in [2.24, 2.45) is 0 Å². The smallest absolute Gasteiger partial charge is 0.273 e. The third kappa shape index (κ3) is 3.43. The molecule has 3 aromatic rings. The zero-order valence-corrected chi connectivity index (χ0v) is 16.2. The van der Waals surface area contributed by atoms with Crippen molar-refractivity contribution in [3.63, 3.8) is 0 Å². The number of nitrogens with one attached hydrogen (secondary N) is 1. The number of H-pyrrole nitrogens is 1. The summed E-state index contributed by atoms with van der Waals surface area (Å²) in [6.07, 6.45) is 0.634. The Kier molecular flexibility index (Phi) is 5.28. The van der Waals surface area contributed by atoms with Gasteiger partial charge in [-0.15, -0.1) is 0 Å². The first kappa shape index (κ1) is 19.7. The van der Waals surface area contributed by atoms with Crippen LogP contribution in [0, 0.1) is 15.9 Å². The fourth-order valence-electron chi connectivity index (χ4n) is 3.76. The molecule has 1 unspecified atom stereocenters. The highest BCUT2D eigenvalue weighted by Gasteiger charge is 2.41. The van der Waals surface area contributed by atoms with Crippen molar-refractivity contribution in [1.82, 2.24) is 15.1 Å². The van der Waals surface area contributed by atoms with Gasteiger partial charge in [0.05, 0.1) is 16.7 Å². The maximum Gasteiger partial charge on any atom is 0.273 e. The first-order chi connectivity index (χ1) is 14.5. The van der Waals surface area contributed by atoms with Crippen LogP contribution in [0.3, 0.4) is 0 Å². The Morgan fingerprint density at radius 2 is 1.90 bits per heavy atom. The Morgan fingerprint density at radius 1 is 1.20 bits per heavy atom. The van der Waals surface area contributed by atoms with Crippen LogP contribution in [0.15, 0.2) is 48.5 Å². The van der Waals surface area contributed by atoms with Gasteiger partial charge in [-0.2, -0.15) is 5.10 Å². The first-order valence-electron chi connectivity index (χ1n) is 9.39. The topological polar surface area (TPSA) is 101 Å². The average Bonchev–Trinajstić information content (AvgIpc) is 3.28. The number of aromatic amines is 1. The van der Waals surface area contributed by atoms with Gasteiger partial charge in [0.25, 0.3) is 11.6 Å². The number of amides is 1. The fraction of sp³-hybridized carbons (Fsp3) is 0.238. The highest BCUT2D eigenvalue weighted by Crippen LogP contribution is 2.43. The molecule has 0 spiro atoms. The van der Waals surface area contributed by atoms with Crippen molar-refractivity contribution >= 4 is 11.6 Å². The van der Waals surface area contributed by atoms with Crippen LogP contribution in [-0.4, -0.2) is 46.2 Å². The van der Waals surface area contributed by atoms with E-state index in [0.29, 0.717) is 42.1 Å². The number of carbonyl (C=O) groups excluding carboxylic acids is 1. The predicted octanol–water partition coefficient (Wildman–Crippen LogP) is 3.71. The van der Waals surface area contributed by atoms with Crippen LogP contribution >= 0.6 is 0 Å². The van der Waals surface area contributed by atoms with E-state index in [0.717, 1.165) is 5.56 Å². The second kappa shape index (κ2) is 8.03. The number of non-ortho nitro benzene ring substituents is 1. The molecule has 1 N–H and O–H groups in total. The van der Waals surface area contributed by atoms with Crippen LogP contribution in [0.2, 0.25) is 0 Å². The number of nitrogens with zero attached hydrogens (tertiary/aromatic N) is 3. The third-order valence-corrected chi connectivity index (χ3v) is 5.15. The van der Waals surface area contributed by atoms with Gasteiger partial charge in [0.15, 0.2) is 0 Å². The van der Waals surface area contributed by atoms with E-state index >= 15 is 0 Å². The van der Waals surface area contributed by atoms with E-state index in [1.54, 1.807) is 36.3 Å². The molecule has 0 radical (unpaired) electrons. The second-order valence-corrected chi connectivity index (χ2v) is 6.96. The molecule has 30 heavy (non-hydrogen) atoms. The van der Waals surface area contributed by atoms with E-state index in [9.17, 15) is 19.3 Å². The molecule has 2 heterocycles. The number of aromatic nitrogens is 2. The number of halogens is 1. The highest BCUT2D eigenvalue weighted by atomic mass is 19.1. The monoisotopic (exact) mass is 410 g/mol. The molecular weight excluding hydrogens is 391 g/mol. The van der Waals surface area contributed by atoms with E-state index in [4.69, 9.17) is 4.74 Å². The molecule has 1 amide bonds. The Bertz CT molecular complexity index is 1080. The number of hydrogen-bond acceptors (Lipinski definition) is 5. The molecule has 2 aromatic carbocycles. The van der Waals surface area contributed by atoms with E-state index < -0.39 is 11.0 Å². The van der Waals surface area contributed by atoms with Crippen LogP contribution in [0.5, 0.6) is 0 Å². The fourth-order valence-corrected chi connectivity index (χ4v) is 3.76. The number of hydrogen-bond donors (Lipinski definition) is 1. The van der Waals surface area contributed by atoms with Crippen LogP contribution in [0.25, 0.3) is 11.3 Å². The molecule has 9 heteroatoms. The summed E-state index contributed by atoms with van der Waals surface area (Å²) in [6.45, 7) is 0.938. The summed E-state index contributed by atoms with van der Waals surface area (Å²) in [5.41, 5.74) is 2.98. The summed E-state index contributed by atoms with van der Waals surface area (Å²) >= 11 is 0. The van der Waals surface area contributed by atoms with E-state index in [1.165, 1.54) is 24.3 Å². The SMILES string of the molecule is COCCCN1C(=O)c2[nH]nc(-c3ccc(F)cc3)c2C1c1ccc([N+](=O)[O-])cc1. The van der Waals surface area contributed by atoms with Gasteiger partial charge in [-0.3, -0.25) is 20.0 Å². The van der Waals surface area contributed by atoms with E-state index in [-0.39, 0.29) is 17.4 Å². The molecule has 0 bridgehead atoms. The Balaban J connectivity index is 1.80. The lowest BCUT2D eigenvalue weighted by molar-refractivity contribution is -0.384. The van der Waals surface area contributed by atoms with Crippen LogP contribution in [0.4, 0.5) is 10.1 Å². The lowest BCUT2D eigenvalue weighted by Gasteiger charge is -2.26. The standard InChI is InChI=1S/C21H19FN4O4/c1-30-12-2-11-25-20(14-5-9-16(10-6-14)26(28)29)17-18(23-24-19(17)21(25)27)13-3-7-15(22)8-4-13/h3-10,20H,2,11-12H2,1H3,(H,23,24). The van der Waals surface area contributed by atoms with Crippen molar-refractivity contribution in [3.8, 4) is 11.3 Å². The minimum absolute atomic E-state index is 0.0276. The Labute approximate surface area is 171 Å². The summed E-state index contributed by atoms with van der Waals surface area (Å²) < 4.78 is 18.5. The number of methoxy groups -OCH3 is 1. The summed E-state index contributed by atoms with van der Waals surface area (Å²) in [4.78, 5) is 25.4. The number of nitro benzene ring substituents is 1. The molecule has 1 atom stereocenters. The van der Waals surface area contributed by atoms with Gasteiger partial charge in [-0.05, 0) is 48.4 Å². The summed E-state index contributed by atoms with van der Waals surface area (Å²) in [5.74, 6) is -0.569. The Hall–Kier alpha value is -3.59. The number of nitro groups is 1. The van der Waals surface area contributed by atoms with Crippen LogP contribution < -0.4 is 0 Å². The van der Waals surface area contributed by atoms with Gasteiger partial charge >= 0.3 is 0 Å². The molecule has 4 rings (SSSR count). The molecule has 1 aliphatic rings. The summed E-state index contributed by atoms with van der Waals surface area (Å²) in [7, 11) is 1.60. The predicted molar refractivity (Wildman–Crippen MR) is 106 cm³/mol. The molecular formula is C21H19FN4O4. The van der Waals surface area contributed by atoms with Crippen molar-refractivity contribution in [2.75, 3.05) is 20.3 Å². The molecule has 0 aliphatic carbocycles. The Morgan fingerprint density at radius 3 is 2.53 bits per heavy atom. The lowest BCUT2D eigenvalue weighted by Crippen LogP contribution is -2.31. The van der Waals surface area contributed by atoms with E-state index in [1.807, 2.05) is 0 Å².